The molecule has 3 atom stereocenters. The zero-order valence-electron chi connectivity index (χ0n) is 23.7. The number of hydrogen-bond acceptors (Lipinski definition) is 4. The highest BCUT2D eigenvalue weighted by atomic mass is 35.5. The first kappa shape index (κ1) is 28.7. The lowest BCUT2D eigenvalue weighted by Crippen LogP contribution is -2.31. The Labute approximate surface area is 243 Å². The Morgan fingerprint density at radius 3 is 2.30 bits per heavy atom. The van der Waals surface area contributed by atoms with Crippen LogP contribution in [0.5, 0.6) is 5.75 Å². The van der Waals surface area contributed by atoms with Crippen molar-refractivity contribution in [1.29, 1.82) is 0 Å². The number of hydrogen-bond donors (Lipinski definition) is 1. The number of amides is 1. The molecule has 0 bridgehead atoms. The van der Waals surface area contributed by atoms with Crippen molar-refractivity contribution in [2.45, 2.75) is 58.1 Å². The molecule has 0 aliphatic carbocycles. The number of rotatable bonds is 9. The van der Waals surface area contributed by atoms with Crippen LogP contribution < -0.4 is 10.1 Å². The fourth-order valence-corrected chi connectivity index (χ4v) is 6.09. The monoisotopic (exact) mass is 560 g/mol. The Bertz CT molecular complexity index is 1220. The third-order valence-corrected chi connectivity index (χ3v) is 8.54. The summed E-state index contributed by atoms with van der Waals surface area (Å²) in [5, 5.41) is 3.70. The van der Waals surface area contributed by atoms with Crippen LogP contribution in [0.1, 0.15) is 68.2 Å². The molecule has 0 aromatic heterocycles. The largest absolute Gasteiger partial charge is 0.484 e. The van der Waals surface area contributed by atoms with E-state index in [9.17, 15) is 4.79 Å². The fourth-order valence-electron chi connectivity index (χ4n) is 5.96. The smallest absolute Gasteiger partial charge is 0.262 e. The third kappa shape index (κ3) is 7.66. The number of benzene rings is 3. The number of anilines is 1. The minimum atomic E-state index is -0.170. The molecule has 2 aliphatic rings. The van der Waals surface area contributed by atoms with Gasteiger partial charge in [0.05, 0.1) is 12.7 Å². The zero-order valence-corrected chi connectivity index (χ0v) is 24.4. The van der Waals surface area contributed by atoms with E-state index < -0.39 is 0 Å². The summed E-state index contributed by atoms with van der Waals surface area (Å²) in [7, 11) is 0. The van der Waals surface area contributed by atoms with Gasteiger partial charge < -0.3 is 14.8 Å². The van der Waals surface area contributed by atoms with Gasteiger partial charge in [0.25, 0.3) is 5.91 Å². The number of likely N-dealkylation sites (tertiary alicyclic amines) is 1. The maximum atomic E-state index is 12.5. The molecule has 0 radical (unpaired) electrons. The molecule has 3 aromatic carbocycles. The number of ether oxygens (including phenoxy) is 2. The molecular formula is C34H41ClN2O3. The lowest BCUT2D eigenvalue weighted by molar-refractivity contribution is -0.118. The Balaban J connectivity index is 1.11. The van der Waals surface area contributed by atoms with Crippen LogP contribution in [-0.2, 0) is 16.1 Å². The van der Waals surface area contributed by atoms with Gasteiger partial charge in [0.1, 0.15) is 5.75 Å². The van der Waals surface area contributed by atoms with Crippen LogP contribution >= 0.6 is 11.6 Å². The second kappa shape index (κ2) is 13.7. The molecular weight excluding hydrogens is 520 g/mol. The fraction of sp³-hybridized carbons (Fsp3) is 0.441. The standard InChI is InChI=1S/C34H41ClN2O3/c1-24(2)32-20-28(26-8-12-29(35)13-9-26)22-40-34(32)27-10-16-31(17-11-27)39-23-33(38)36-30-14-6-25(7-15-30)21-37-18-4-3-5-19-37/h6-17,24,28,32,34H,3-5,18-23H2,1-2H3,(H,36,38)/t28-,32-,34-/m0/s1. The van der Waals surface area contributed by atoms with Gasteiger partial charge in [0.15, 0.2) is 6.61 Å². The normalized spacial score (nSPS) is 21.8. The van der Waals surface area contributed by atoms with Crippen molar-refractivity contribution < 1.29 is 14.3 Å². The summed E-state index contributed by atoms with van der Waals surface area (Å²) in [5.41, 5.74) is 4.49. The van der Waals surface area contributed by atoms with E-state index in [0.717, 1.165) is 29.2 Å². The predicted molar refractivity (Wildman–Crippen MR) is 162 cm³/mol. The lowest BCUT2D eigenvalue weighted by atomic mass is 9.76. The van der Waals surface area contributed by atoms with E-state index in [4.69, 9.17) is 21.1 Å². The van der Waals surface area contributed by atoms with Gasteiger partial charge in [-0.05, 0) is 97.3 Å². The molecule has 1 amide bonds. The summed E-state index contributed by atoms with van der Waals surface area (Å²) >= 11 is 6.09. The van der Waals surface area contributed by atoms with E-state index in [-0.39, 0.29) is 18.6 Å². The first-order chi connectivity index (χ1) is 19.4. The van der Waals surface area contributed by atoms with Crippen LogP contribution in [0, 0.1) is 11.8 Å². The first-order valence-electron chi connectivity index (χ1n) is 14.7. The summed E-state index contributed by atoms with van der Waals surface area (Å²) in [5.74, 6) is 1.76. The van der Waals surface area contributed by atoms with Gasteiger partial charge in [-0.25, -0.2) is 0 Å². The van der Waals surface area contributed by atoms with E-state index in [2.05, 4.69) is 60.5 Å². The second-order valence-corrected chi connectivity index (χ2v) is 12.0. The molecule has 2 aliphatic heterocycles. The van der Waals surface area contributed by atoms with Gasteiger partial charge >= 0.3 is 0 Å². The summed E-state index contributed by atoms with van der Waals surface area (Å²) in [4.78, 5) is 15.0. The SMILES string of the molecule is CC(C)[C@@H]1C[C@H](c2ccc(Cl)cc2)CO[C@H]1c1ccc(OCC(=O)Nc2ccc(CN3CCCCC3)cc2)cc1. The number of nitrogens with zero attached hydrogens (tertiary/aromatic N) is 1. The molecule has 2 saturated heterocycles. The minimum Gasteiger partial charge on any atom is -0.484 e. The van der Waals surface area contributed by atoms with Crippen LogP contribution in [0.15, 0.2) is 72.8 Å². The van der Waals surface area contributed by atoms with Crippen molar-refractivity contribution in [3.63, 3.8) is 0 Å². The predicted octanol–water partition coefficient (Wildman–Crippen LogP) is 7.86. The van der Waals surface area contributed by atoms with Crippen LogP contribution in [0.2, 0.25) is 5.02 Å². The average Bonchev–Trinajstić information content (AvgIpc) is 2.98. The van der Waals surface area contributed by atoms with Crippen molar-refractivity contribution in [3.05, 3.63) is 94.5 Å². The summed E-state index contributed by atoms with van der Waals surface area (Å²) in [6.45, 7) is 8.51. The lowest BCUT2D eigenvalue weighted by Gasteiger charge is -2.39. The maximum Gasteiger partial charge on any atom is 0.262 e. The average molecular weight is 561 g/mol. The highest BCUT2D eigenvalue weighted by Gasteiger charge is 2.35. The Morgan fingerprint density at radius 1 is 0.950 bits per heavy atom. The molecule has 5 rings (SSSR count). The van der Waals surface area contributed by atoms with E-state index in [1.165, 1.54) is 43.5 Å². The molecule has 0 unspecified atom stereocenters. The van der Waals surface area contributed by atoms with E-state index in [0.29, 0.717) is 30.1 Å². The second-order valence-electron chi connectivity index (χ2n) is 11.6. The van der Waals surface area contributed by atoms with Crippen LogP contribution in [0.3, 0.4) is 0 Å². The van der Waals surface area contributed by atoms with E-state index in [1.807, 2.05) is 36.4 Å². The molecule has 0 saturated carbocycles. The number of halogens is 1. The highest BCUT2D eigenvalue weighted by molar-refractivity contribution is 6.30. The van der Waals surface area contributed by atoms with E-state index in [1.54, 1.807) is 0 Å². The molecule has 2 fully saturated rings. The Morgan fingerprint density at radius 2 is 1.62 bits per heavy atom. The summed E-state index contributed by atoms with van der Waals surface area (Å²) in [6.07, 6.45) is 5.03. The van der Waals surface area contributed by atoms with Gasteiger partial charge in [-0.3, -0.25) is 9.69 Å². The van der Waals surface area contributed by atoms with Crippen LogP contribution in [0.4, 0.5) is 5.69 Å². The Hall–Kier alpha value is -2.86. The van der Waals surface area contributed by atoms with Gasteiger partial charge in [-0.1, -0.05) is 68.3 Å². The summed E-state index contributed by atoms with van der Waals surface area (Å²) < 4.78 is 12.2. The zero-order chi connectivity index (χ0) is 27.9. The van der Waals surface area contributed by atoms with Crippen molar-refractivity contribution in [2.75, 3.05) is 31.6 Å². The quantitative estimate of drug-likeness (QED) is 0.289. The summed E-state index contributed by atoms with van der Waals surface area (Å²) in [6, 6.07) is 24.3. The number of carbonyl (C=O) groups excluding carboxylic acids is 1. The molecule has 5 nitrogen and oxygen atoms in total. The topological polar surface area (TPSA) is 50.8 Å². The van der Waals surface area contributed by atoms with Gasteiger partial charge in [0, 0.05) is 23.2 Å². The van der Waals surface area contributed by atoms with Crippen molar-refractivity contribution in [2.24, 2.45) is 11.8 Å². The Kier molecular flexibility index (Phi) is 9.79. The van der Waals surface area contributed by atoms with Crippen molar-refractivity contribution in [1.82, 2.24) is 4.90 Å². The van der Waals surface area contributed by atoms with Gasteiger partial charge in [-0.15, -0.1) is 0 Å². The number of nitrogens with one attached hydrogen (secondary N) is 1. The van der Waals surface area contributed by atoms with Gasteiger partial charge in [0.2, 0.25) is 0 Å². The highest BCUT2D eigenvalue weighted by Crippen LogP contribution is 2.43. The van der Waals surface area contributed by atoms with Crippen molar-refractivity contribution >= 4 is 23.2 Å². The van der Waals surface area contributed by atoms with Crippen LogP contribution in [-0.4, -0.2) is 37.1 Å². The number of piperidine rings is 1. The molecule has 0 spiro atoms. The minimum absolute atomic E-state index is 0.0355. The van der Waals surface area contributed by atoms with Crippen molar-refractivity contribution in [3.8, 4) is 5.75 Å². The first-order valence-corrected chi connectivity index (χ1v) is 15.0. The number of carbonyl (C=O) groups is 1. The molecule has 6 heteroatoms. The molecule has 3 aromatic rings. The molecule has 2 heterocycles. The molecule has 1 N–H and O–H groups in total. The van der Waals surface area contributed by atoms with Gasteiger partial charge in [-0.2, -0.15) is 0 Å². The molecule has 212 valence electrons. The molecule has 40 heavy (non-hydrogen) atoms. The van der Waals surface area contributed by atoms with E-state index >= 15 is 0 Å². The van der Waals surface area contributed by atoms with Crippen LogP contribution in [0.25, 0.3) is 0 Å². The maximum absolute atomic E-state index is 12.5. The third-order valence-electron chi connectivity index (χ3n) is 8.29.